The second-order valence-electron chi connectivity index (χ2n) is 9.42. The van der Waals surface area contributed by atoms with Crippen LogP contribution in [-0.4, -0.2) is 24.8 Å². The lowest BCUT2D eigenvalue weighted by molar-refractivity contribution is -0.121. The standard InChI is InChI=1S/C30H29N3O4S/c1-19-15-16-25(37-2)24(17-19)33-29(35)26(31-21-11-4-3-5-12-21)27(30(33)36)38-23-14-8-13-22(18-23)32-28(34)20-9-6-7-10-20/h3-5,8,11-18,20,31H,6-7,9-10H2,1-2H3,(H,32,34). The van der Waals surface area contributed by atoms with E-state index in [9.17, 15) is 14.4 Å². The van der Waals surface area contributed by atoms with Crippen LogP contribution in [0.15, 0.2) is 88.3 Å². The molecular weight excluding hydrogens is 498 g/mol. The lowest BCUT2D eigenvalue weighted by Crippen LogP contribution is -2.32. The highest BCUT2D eigenvalue weighted by molar-refractivity contribution is 8.04. The van der Waals surface area contributed by atoms with Gasteiger partial charge in [0.25, 0.3) is 11.8 Å². The van der Waals surface area contributed by atoms with Crippen LogP contribution in [0.1, 0.15) is 31.2 Å². The number of hydrogen-bond acceptors (Lipinski definition) is 6. The van der Waals surface area contributed by atoms with E-state index in [0.29, 0.717) is 22.8 Å². The summed E-state index contributed by atoms with van der Waals surface area (Å²) in [6.07, 6.45) is 3.99. The zero-order chi connectivity index (χ0) is 26.6. The summed E-state index contributed by atoms with van der Waals surface area (Å²) in [5.74, 6) is -0.402. The molecule has 0 saturated heterocycles. The minimum atomic E-state index is -0.462. The Morgan fingerprint density at radius 2 is 1.66 bits per heavy atom. The first-order valence-electron chi connectivity index (χ1n) is 12.6. The first-order valence-corrected chi connectivity index (χ1v) is 13.4. The van der Waals surface area contributed by atoms with Crippen LogP contribution in [0.2, 0.25) is 0 Å². The van der Waals surface area contributed by atoms with Crippen molar-refractivity contribution >= 4 is 46.5 Å². The third kappa shape index (κ3) is 5.31. The molecule has 1 heterocycles. The molecule has 2 N–H and O–H groups in total. The van der Waals surface area contributed by atoms with Gasteiger partial charge in [-0.1, -0.05) is 54.9 Å². The van der Waals surface area contributed by atoms with Gasteiger partial charge in [-0.25, -0.2) is 4.90 Å². The molecule has 194 valence electrons. The number of ether oxygens (including phenoxy) is 1. The second-order valence-corrected chi connectivity index (χ2v) is 10.5. The van der Waals surface area contributed by atoms with Crippen molar-refractivity contribution in [2.24, 2.45) is 5.92 Å². The molecule has 1 fully saturated rings. The maximum absolute atomic E-state index is 13.8. The molecule has 0 bridgehead atoms. The molecule has 1 aliphatic carbocycles. The highest BCUT2D eigenvalue weighted by Gasteiger charge is 2.41. The Morgan fingerprint density at radius 1 is 0.921 bits per heavy atom. The van der Waals surface area contributed by atoms with E-state index in [0.717, 1.165) is 41.0 Å². The summed E-state index contributed by atoms with van der Waals surface area (Å²) in [5, 5.41) is 6.18. The van der Waals surface area contributed by atoms with Gasteiger partial charge in [0, 0.05) is 22.2 Å². The number of nitrogens with zero attached hydrogens (tertiary/aromatic N) is 1. The van der Waals surface area contributed by atoms with Gasteiger partial charge in [-0.05, 0) is 67.8 Å². The normalized spacial score (nSPS) is 15.8. The van der Waals surface area contributed by atoms with Crippen molar-refractivity contribution in [1.82, 2.24) is 0 Å². The van der Waals surface area contributed by atoms with E-state index in [4.69, 9.17) is 4.74 Å². The molecule has 0 radical (unpaired) electrons. The fourth-order valence-corrected chi connectivity index (χ4v) is 5.75. The average molecular weight is 528 g/mol. The Hall–Kier alpha value is -4.04. The average Bonchev–Trinajstić information content (AvgIpc) is 3.53. The molecule has 1 saturated carbocycles. The number of anilines is 3. The van der Waals surface area contributed by atoms with Crippen molar-refractivity contribution < 1.29 is 19.1 Å². The summed E-state index contributed by atoms with van der Waals surface area (Å²) in [6, 6.07) is 22.0. The van der Waals surface area contributed by atoms with Crippen LogP contribution in [0.25, 0.3) is 0 Å². The number of rotatable bonds is 8. The Labute approximate surface area is 226 Å². The maximum Gasteiger partial charge on any atom is 0.283 e. The number of nitrogens with one attached hydrogen (secondary N) is 2. The van der Waals surface area contributed by atoms with Crippen molar-refractivity contribution in [2.45, 2.75) is 37.5 Å². The highest BCUT2D eigenvalue weighted by Crippen LogP contribution is 2.41. The van der Waals surface area contributed by atoms with Crippen LogP contribution >= 0.6 is 11.8 Å². The van der Waals surface area contributed by atoms with Gasteiger partial charge < -0.3 is 15.4 Å². The molecule has 1 aliphatic heterocycles. The summed E-state index contributed by atoms with van der Waals surface area (Å²) < 4.78 is 5.48. The fraction of sp³-hybridized carbons (Fsp3) is 0.233. The molecule has 0 atom stereocenters. The Balaban J connectivity index is 1.47. The smallest absolute Gasteiger partial charge is 0.283 e. The Kier molecular flexibility index (Phi) is 7.51. The fourth-order valence-electron chi connectivity index (χ4n) is 4.76. The van der Waals surface area contributed by atoms with E-state index < -0.39 is 11.8 Å². The molecule has 38 heavy (non-hydrogen) atoms. The van der Waals surface area contributed by atoms with Crippen molar-refractivity contribution in [2.75, 3.05) is 22.6 Å². The van der Waals surface area contributed by atoms with E-state index in [-0.39, 0.29) is 22.4 Å². The van der Waals surface area contributed by atoms with Gasteiger partial charge >= 0.3 is 0 Å². The number of amides is 3. The van der Waals surface area contributed by atoms with Crippen molar-refractivity contribution in [1.29, 1.82) is 0 Å². The molecule has 7 nitrogen and oxygen atoms in total. The Morgan fingerprint density at radius 3 is 2.39 bits per heavy atom. The minimum absolute atomic E-state index is 0.0279. The van der Waals surface area contributed by atoms with Crippen LogP contribution in [-0.2, 0) is 14.4 Å². The van der Waals surface area contributed by atoms with Crippen molar-refractivity contribution in [3.8, 4) is 5.75 Å². The molecule has 3 aromatic carbocycles. The van der Waals surface area contributed by atoms with Gasteiger partial charge in [0.2, 0.25) is 5.91 Å². The number of thioether (sulfide) groups is 1. The third-order valence-electron chi connectivity index (χ3n) is 6.71. The quantitative estimate of drug-likeness (QED) is 0.343. The number of benzene rings is 3. The van der Waals surface area contributed by atoms with Gasteiger partial charge in [0.1, 0.15) is 16.4 Å². The minimum Gasteiger partial charge on any atom is -0.495 e. The summed E-state index contributed by atoms with van der Waals surface area (Å²) in [4.78, 5) is 42.3. The van der Waals surface area contributed by atoms with E-state index in [1.54, 1.807) is 12.1 Å². The van der Waals surface area contributed by atoms with Gasteiger partial charge in [0.05, 0.1) is 12.8 Å². The first-order chi connectivity index (χ1) is 18.4. The van der Waals surface area contributed by atoms with Crippen LogP contribution < -0.4 is 20.3 Å². The molecular formula is C30H29N3O4S. The predicted molar refractivity (Wildman–Crippen MR) is 150 cm³/mol. The number of methoxy groups -OCH3 is 1. The monoisotopic (exact) mass is 527 g/mol. The molecule has 5 rings (SSSR count). The molecule has 0 unspecified atom stereocenters. The van der Waals surface area contributed by atoms with Crippen molar-refractivity contribution in [3.05, 3.63) is 89.0 Å². The summed E-state index contributed by atoms with van der Waals surface area (Å²) in [7, 11) is 1.51. The number of carbonyl (C=O) groups is 3. The van der Waals surface area contributed by atoms with Crippen molar-refractivity contribution in [3.63, 3.8) is 0 Å². The zero-order valence-corrected chi connectivity index (χ0v) is 22.1. The van der Waals surface area contributed by atoms with E-state index in [2.05, 4.69) is 10.6 Å². The summed E-state index contributed by atoms with van der Waals surface area (Å²) >= 11 is 1.19. The van der Waals surface area contributed by atoms with Crippen LogP contribution in [0, 0.1) is 12.8 Å². The van der Waals surface area contributed by atoms with Gasteiger partial charge in [0.15, 0.2) is 0 Å². The van der Waals surface area contributed by atoms with Crippen LogP contribution in [0.5, 0.6) is 5.75 Å². The molecule has 3 aromatic rings. The maximum atomic E-state index is 13.8. The summed E-state index contributed by atoms with van der Waals surface area (Å²) in [6.45, 7) is 1.89. The van der Waals surface area contributed by atoms with E-state index >= 15 is 0 Å². The molecule has 3 amide bonds. The van der Waals surface area contributed by atoms with Crippen LogP contribution in [0.4, 0.5) is 17.1 Å². The highest BCUT2D eigenvalue weighted by atomic mass is 32.2. The molecule has 2 aliphatic rings. The lowest BCUT2D eigenvalue weighted by atomic mass is 10.1. The lowest BCUT2D eigenvalue weighted by Gasteiger charge is -2.19. The second kappa shape index (κ2) is 11.1. The number of imide groups is 1. The summed E-state index contributed by atoms with van der Waals surface area (Å²) in [5.41, 5.74) is 2.83. The van der Waals surface area contributed by atoms with E-state index in [1.165, 1.54) is 18.9 Å². The first kappa shape index (κ1) is 25.6. The number of carbonyl (C=O) groups excluding carboxylic acids is 3. The number of aryl methyl sites for hydroxylation is 1. The van der Waals surface area contributed by atoms with Gasteiger partial charge in [-0.2, -0.15) is 0 Å². The topological polar surface area (TPSA) is 87.7 Å². The third-order valence-corrected chi connectivity index (χ3v) is 7.78. The Bertz CT molecular complexity index is 1410. The van der Waals surface area contributed by atoms with Gasteiger partial charge in [-0.3, -0.25) is 14.4 Å². The van der Waals surface area contributed by atoms with Gasteiger partial charge in [-0.15, -0.1) is 0 Å². The zero-order valence-electron chi connectivity index (χ0n) is 21.3. The molecule has 0 aromatic heterocycles. The van der Waals surface area contributed by atoms with Crippen LogP contribution in [0.3, 0.4) is 0 Å². The SMILES string of the molecule is COc1ccc(C)cc1N1C(=O)C(Nc2ccccc2)=C(Sc2cccc(NC(=O)C3CCCC3)c2)C1=O. The molecule has 8 heteroatoms. The number of para-hydroxylation sites is 1. The number of hydrogen-bond donors (Lipinski definition) is 2. The van der Waals surface area contributed by atoms with E-state index in [1.807, 2.05) is 67.6 Å². The molecule has 0 spiro atoms. The largest absolute Gasteiger partial charge is 0.495 e. The predicted octanol–water partition coefficient (Wildman–Crippen LogP) is 6.12.